The molecule has 18 heavy (non-hydrogen) atoms. The van der Waals surface area contributed by atoms with Crippen LogP contribution in [0.4, 0.5) is 0 Å². The summed E-state index contributed by atoms with van der Waals surface area (Å²) in [5.41, 5.74) is 7.37. The predicted molar refractivity (Wildman–Crippen MR) is 70.0 cm³/mol. The van der Waals surface area contributed by atoms with Crippen LogP contribution in [0, 0.1) is 5.92 Å². The minimum absolute atomic E-state index is 0.0331. The molecule has 100 valence electrons. The van der Waals surface area contributed by atoms with Crippen LogP contribution in [0.25, 0.3) is 0 Å². The van der Waals surface area contributed by atoms with Crippen LogP contribution in [0.15, 0.2) is 18.2 Å². The molecule has 2 unspecified atom stereocenters. The monoisotopic (exact) mass is 251 g/mol. The van der Waals surface area contributed by atoms with Gasteiger partial charge in [0.15, 0.2) is 0 Å². The summed E-state index contributed by atoms with van der Waals surface area (Å²) in [5.74, 6) is 1.92. The zero-order valence-electron chi connectivity index (χ0n) is 11.0. The largest absolute Gasteiger partial charge is 0.497 e. The lowest BCUT2D eigenvalue weighted by molar-refractivity contribution is 0.0447. The highest BCUT2D eigenvalue weighted by Gasteiger charge is 2.23. The molecule has 2 N–H and O–H groups in total. The van der Waals surface area contributed by atoms with Crippen LogP contribution in [0.1, 0.15) is 24.4 Å². The summed E-state index contributed by atoms with van der Waals surface area (Å²) in [4.78, 5) is 0. The van der Waals surface area contributed by atoms with E-state index in [1.165, 1.54) is 0 Å². The fourth-order valence-corrected chi connectivity index (χ4v) is 2.34. The Hall–Kier alpha value is -1.26. The van der Waals surface area contributed by atoms with Gasteiger partial charge < -0.3 is 19.9 Å². The molecular weight excluding hydrogens is 230 g/mol. The van der Waals surface area contributed by atoms with Gasteiger partial charge in [-0.3, -0.25) is 0 Å². The standard InChI is InChI=1S/C14H21NO3/c1-16-12-6-11(7-13(8-12)17-2)14(15)10-4-3-5-18-9-10/h6-8,10,14H,3-5,9,15H2,1-2H3. The summed E-state index contributed by atoms with van der Waals surface area (Å²) in [6.07, 6.45) is 2.19. The third-order valence-electron chi connectivity index (χ3n) is 3.46. The highest BCUT2D eigenvalue weighted by Crippen LogP contribution is 2.31. The normalized spacial score (nSPS) is 21.4. The minimum Gasteiger partial charge on any atom is -0.497 e. The van der Waals surface area contributed by atoms with Crippen molar-refractivity contribution in [1.29, 1.82) is 0 Å². The Kier molecular flexibility index (Phi) is 4.44. The molecular formula is C14H21NO3. The summed E-state index contributed by atoms with van der Waals surface area (Å²) in [5, 5.41) is 0. The van der Waals surface area contributed by atoms with E-state index in [0.29, 0.717) is 5.92 Å². The van der Waals surface area contributed by atoms with Gasteiger partial charge in [-0.2, -0.15) is 0 Å². The molecule has 1 aromatic carbocycles. The van der Waals surface area contributed by atoms with Gasteiger partial charge in [0.05, 0.1) is 20.8 Å². The van der Waals surface area contributed by atoms with E-state index < -0.39 is 0 Å². The molecule has 0 radical (unpaired) electrons. The molecule has 2 rings (SSSR count). The molecule has 4 nitrogen and oxygen atoms in total. The predicted octanol–water partition coefficient (Wildman–Crippen LogP) is 2.13. The van der Waals surface area contributed by atoms with E-state index >= 15 is 0 Å². The van der Waals surface area contributed by atoms with E-state index in [0.717, 1.165) is 43.1 Å². The van der Waals surface area contributed by atoms with Gasteiger partial charge in [0, 0.05) is 24.6 Å². The Labute approximate surface area is 108 Å². The summed E-state index contributed by atoms with van der Waals surface area (Å²) < 4.78 is 16.0. The van der Waals surface area contributed by atoms with Crippen molar-refractivity contribution in [2.75, 3.05) is 27.4 Å². The summed E-state index contributed by atoms with van der Waals surface area (Å²) >= 11 is 0. The first kappa shape index (κ1) is 13.2. The number of hydrogen-bond acceptors (Lipinski definition) is 4. The van der Waals surface area contributed by atoms with E-state index in [-0.39, 0.29) is 6.04 Å². The topological polar surface area (TPSA) is 53.7 Å². The molecule has 1 aromatic rings. The molecule has 0 saturated carbocycles. The first-order valence-corrected chi connectivity index (χ1v) is 6.31. The lowest BCUT2D eigenvalue weighted by Gasteiger charge is -2.28. The smallest absolute Gasteiger partial charge is 0.122 e. The third kappa shape index (κ3) is 2.94. The second kappa shape index (κ2) is 6.07. The van der Waals surface area contributed by atoms with E-state index in [1.807, 2.05) is 18.2 Å². The molecule has 0 bridgehead atoms. The molecule has 1 aliphatic heterocycles. The second-order valence-corrected chi connectivity index (χ2v) is 4.65. The minimum atomic E-state index is -0.0331. The second-order valence-electron chi connectivity index (χ2n) is 4.65. The van der Waals surface area contributed by atoms with Gasteiger partial charge in [0.1, 0.15) is 11.5 Å². The maximum absolute atomic E-state index is 6.33. The summed E-state index contributed by atoms with van der Waals surface area (Å²) in [6.45, 7) is 1.59. The summed E-state index contributed by atoms with van der Waals surface area (Å²) in [7, 11) is 3.29. The van der Waals surface area contributed by atoms with Crippen LogP contribution in [0.3, 0.4) is 0 Å². The van der Waals surface area contributed by atoms with Gasteiger partial charge in [-0.1, -0.05) is 0 Å². The van der Waals surface area contributed by atoms with Crippen molar-refractivity contribution in [2.24, 2.45) is 11.7 Å². The van der Waals surface area contributed by atoms with Gasteiger partial charge in [0.2, 0.25) is 0 Å². The van der Waals surface area contributed by atoms with Gasteiger partial charge in [0.25, 0.3) is 0 Å². The van der Waals surface area contributed by atoms with Crippen LogP contribution < -0.4 is 15.2 Å². The SMILES string of the molecule is COc1cc(OC)cc(C(N)C2CCCOC2)c1. The number of nitrogens with two attached hydrogens (primary N) is 1. The lowest BCUT2D eigenvalue weighted by atomic mass is 9.89. The Morgan fingerprint density at radius 2 is 1.89 bits per heavy atom. The van der Waals surface area contributed by atoms with Crippen LogP contribution in [0.5, 0.6) is 11.5 Å². The molecule has 1 saturated heterocycles. The zero-order valence-corrected chi connectivity index (χ0v) is 11.0. The van der Waals surface area contributed by atoms with E-state index in [1.54, 1.807) is 14.2 Å². The average Bonchev–Trinajstić information content (AvgIpc) is 2.46. The number of hydrogen-bond donors (Lipinski definition) is 1. The average molecular weight is 251 g/mol. The highest BCUT2D eigenvalue weighted by molar-refractivity contribution is 5.40. The van der Waals surface area contributed by atoms with E-state index in [2.05, 4.69) is 0 Å². The molecule has 1 fully saturated rings. The fraction of sp³-hybridized carbons (Fsp3) is 0.571. The van der Waals surface area contributed by atoms with E-state index in [9.17, 15) is 0 Å². The molecule has 4 heteroatoms. The Morgan fingerprint density at radius 1 is 1.22 bits per heavy atom. The van der Waals surface area contributed by atoms with Gasteiger partial charge in [-0.05, 0) is 30.5 Å². The van der Waals surface area contributed by atoms with Gasteiger partial charge >= 0.3 is 0 Å². The molecule has 1 aliphatic rings. The highest BCUT2D eigenvalue weighted by atomic mass is 16.5. The Balaban J connectivity index is 2.19. The number of ether oxygens (including phenoxy) is 3. The molecule has 1 heterocycles. The molecule has 2 atom stereocenters. The van der Waals surface area contributed by atoms with Crippen molar-refractivity contribution in [3.05, 3.63) is 23.8 Å². The molecule has 0 amide bonds. The Bertz CT molecular complexity index is 366. The molecule has 0 spiro atoms. The van der Waals surface area contributed by atoms with Crippen molar-refractivity contribution < 1.29 is 14.2 Å². The maximum Gasteiger partial charge on any atom is 0.122 e. The molecule has 0 aliphatic carbocycles. The number of methoxy groups -OCH3 is 2. The number of benzene rings is 1. The van der Waals surface area contributed by atoms with Crippen molar-refractivity contribution in [1.82, 2.24) is 0 Å². The van der Waals surface area contributed by atoms with Crippen LogP contribution in [0.2, 0.25) is 0 Å². The Morgan fingerprint density at radius 3 is 2.39 bits per heavy atom. The van der Waals surface area contributed by atoms with Crippen molar-refractivity contribution in [3.63, 3.8) is 0 Å². The molecule has 0 aromatic heterocycles. The van der Waals surface area contributed by atoms with Crippen molar-refractivity contribution in [2.45, 2.75) is 18.9 Å². The fourth-order valence-electron chi connectivity index (χ4n) is 2.34. The van der Waals surface area contributed by atoms with Crippen LogP contribution in [-0.2, 0) is 4.74 Å². The van der Waals surface area contributed by atoms with Crippen molar-refractivity contribution in [3.8, 4) is 11.5 Å². The third-order valence-corrected chi connectivity index (χ3v) is 3.46. The van der Waals surface area contributed by atoms with Gasteiger partial charge in [-0.15, -0.1) is 0 Å². The van der Waals surface area contributed by atoms with E-state index in [4.69, 9.17) is 19.9 Å². The quantitative estimate of drug-likeness (QED) is 0.890. The zero-order chi connectivity index (χ0) is 13.0. The van der Waals surface area contributed by atoms with Crippen LogP contribution in [-0.4, -0.2) is 27.4 Å². The first-order chi connectivity index (χ1) is 8.74. The number of rotatable bonds is 4. The van der Waals surface area contributed by atoms with Crippen molar-refractivity contribution >= 4 is 0 Å². The summed E-state index contributed by atoms with van der Waals surface area (Å²) in [6, 6.07) is 5.77. The first-order valence-electron chi connectivity index (χ1n) is 6.31. The van der Waals surface area contributed by atoms with Crippen LogP contribution >= 0.6 is 0 Å². The van der Waals surface area contributed by atoms with Gasteiger partial charge in [-0.25, -0.2) is 0 Å². The lowest BCUT2D eigenvalue weighted by Crippen LogP contribution is -2.29. The maximum atomic E-state index is 6.33.